The number of halogens is 2. The molecule has 0 radical (unpaired) electrons. The van der Waals surface area contributed by atoms with Crippen LogP contribution in [-0.4, -0.2) is 53.1 Å². The lowest BCUT2D eigenvalue weighted by atomic mass is 10.1. The van der Waals surface area contributed by atoms with Crippen molar-refractivity contribution >= 4 is 27.9 Å². The molecule has 1 fully saturated rings. The second kappa shape index (κ2) is 7.94. The van der Waals surface area contributed by atoms with Gasteiger partial charge in [-0.25, -0.2) is 9.18 Å². The van der Waals surface area contributed by atoms with E-state index in [-0.39, 0.29) is 23.9 Å². The van der Waals surface area contributed by atoms with Crippen LogP contribution in [0, 0.1) is 12.7 Å². The Morgan fingerprint density at radius 2 is 1.96 bits per heavy atom. The third kappa shape index (κ3) is 4.96. The second-order valence-electron chi connectivity index (χ2n) is 7.68. The predicted octanol–water partition coefficient (Wildman–Crippen LogP) is 4.04. The molecule has 1 aliphatic rings. The number of carbonyl (C=O) groups is 2. The van der Waals surface area contributed by atoms with E-state index in [0.29, 0.717) is 30.8 Å². The molecule has 2 rings (SSSR count). The summed E-state index contributed by atoms with van der Waals surface area (Å²) >= 11 is 3.39. The molecule has 2 atom stereocenters. The molecule has 1 aliphatic heterocycles. The van der Waals surface area contributed by atoms with Crippen LogP contribution in [0.2, 0.25) is 0 Å². The summed E-state index contributed by atoms with van der Waals surface area (Å²) < 4.78 is 19.2. The number of benzene rings is 1. The van der Waals surface area contributed by atoms with E-state index in [4.69, 9.17) is 4.74 Å². The first-order valence-electron chi connectivity index (χ1n) is 8.68. The zero-order valence-corrected chi connectivity index (χ0v) is 17.5. The summed E-state index contributed by atoms with van der Waals surface area (Å²) in [6.45, 7) is 10.3. The molecule has 0 N–H and O–H groups in total. The Labute approximate surface area is 162 Å². The molecule has 7 heteroatoms. The van der Waals surface area contributed by atoms with Gasteiger partial charge in [0.05, 0.1) is 0 Å². The van der Waals surface area contributed by atoms with Gasteiger partial charge in [0, 0.05) is 25.7 Å². The Balaban J connectivity index is 2.02. The minimum atomic E-state index is -0.613. The normalized spacial score (nSPS) is 19.3. The standard InChI is InChI=1S/C19H26BrFN2O3/c1-12-6-7-14(10-15(12)21)16(20)17(24)22-8-9-23(13(2)11-22)18(25)26-19(3,4)5/h6-7,10,13,16H,8-9,11H2,1-5H3/t13-,16?/m1/s1. The zero-order chi connectivity index (χ0) is 19.6. The van der Waals surface area contributed by atoms with Crippen molar-refractivity contribution in [1.29, 1.82) is 0 Å². The van der Waals surface area contributed by atoms with E-state index in [1.165, 1.54) is 6.07 Å². The van der Waals surface area contributed by atoms with Crippen molar-refractivity contribution in [2.24, 2.45) is 0 Å². The minimum absolute atomic E-state index is 0.135. The van der Waals surface area contributed by atoms with Gasteiger partial charge in [0.25, 0.3) is 0 Å². The largest absolute Gasteiger partial charge is 0.444 e. The molecule has 1 aromatic carbocycles. The van der Waals surface area contributed by atoms with Crippen LogP contribution in [0.4, 0.5) is 9.18 Å². The van der Waals surface area contributed by atoms with E-state index >= 15 is 0 Å². The van der Waals surface area contributed by atoms with Crippen LogP contribution >= 0.6 is 15.9 Å². The maximum Gasteiger partial charge on any atom is 0.410 e. The average Bonchev–Trinajstić information content (AvgIpc) is 2.54. The van der Waals surface area contributed by atoms with Crippen molar-refractivity contribution < 1.29 is 18.7 Å². The maximum atomic E-state index is 13.8. The maximum absolute atomic E-state index is 13.8. The van der Waals surface area contributed by atoms with Crippen molar-refractivity contribution in [1.82, 2.24) is 9.80 Å². The van der Waals surface area contributed by atoms with E-state index in [0.717, 1.165) is 0 Å². The molecular weight excluding hydrogens is 403 g/mol. The molecule has 0 aromatic heterocycles. The number of nitrogens with zero attached hydrogens (tertiary/aromatic N) is 2. The van der Waals surface area contributed by atoms with E-state index in [9.17, 15) is 14.0 Å². The van der Waals surface area contributed by atoms with Crippen LogP contribution in [0.1, 0.15) is 43.6 Å². The molecule has 1 aromatic rings. The summed E-state index contributed by atoms with van der Waals surface area (Å²) in [6.07, 6.45) is -0.368. The van der Waals surface area contributed by atoms with E-state index in [1.54, 1.807) is 28.9 Å². The first-order chi connectivity index (χ1) is 12.0. The molecule has 0 saturated carbocycles. The number of piperazine rings is 1. The molecule has 1 unspecified atom stereocenters. The van der Waals surface area contributed by atoms with Gasteiger partial charge in [-0.05, 0) is 51.8 Å². The summed E-state index contributed by atoms with van der Waals surface area (Å²) in [7, 11) is 0. The minimum Gasteiger partial charge on any atom is -0.444 e. The number of aryl methyl sites for hydroxylation is 1. The van der Waals surface area contributed by atoms with Crippen molar-refractivity contribution in [2.45, 2.75) is 51.1 Å². The number of carbonyl (C=O) groups excluding carboxylic acids is 2. The third-order valence-electron chi connectivity index (χ3n) is 4.27. The van der Waals surface area contributed by atoms with Crippen molar-refractivity contribution in [2.75, 3.05) is 19.6 Å². The van der Waals surface area contributed by atoms with Gasteiger partial charge >= 0.3 is 6.09 Å². The fourth-order valence-electron chi connectivity index (χ4n) is 2.82. The van der Waals surface area contributed by atoms with Crippen LogP contribution in [-0.2, 0) is 9.53 Å². The lowest BCUT2D eigenvalue weighted by Crippen LogP contribution is -2.56. The first kappa shape index (κ1) is 20.7. The van der Waals surface area contributed by atoms with Gasteiger partial charge in [0.1, 0.15) is 16.2 Å². The highest BCUT2D eigenvalue weighted by Crippen LogP contribution is 2.28. The number of alkyl halides is 1. The fourth-order valence-corrected chi connectivity index (χ4v) is 3.39. The summed E-state index contributed by atoms with van der Waals surface area (Å²) in [6, 6.07) is 4.63. The number of hydrogen-bond donors (Lipinski definition) is 0. The first-order valence-corrected chi connectivity index (χ1v) is 9.59. The molecule has 26 heavy (non-hydrogen) atoms. The molecule has 0 aliphatic carbocycles. The van der Waals surface area contributed by atoms with Crippen LogP contribution in [0.25, 0.3) is 0 Å². The molecule has 0 spiro atoms. The SMILES string of the molecule is Cc1ccc(C(Br)C(=O)N2CCN(C(=O)OC(C)(C)C)[C@H](C)C2)cc1F. The molecular formula is C19H26BrFN2O3. The van der Waals surface area contributed by atoms with E-state index < -0.39 is 10.4 Å². The zero-order valence-electron chi connectivity index (χ0n) is 15.9. The Morgan fingerprint density at radius 1 is 1.31 bits per heavy atom. The summed E-state index contributed by atoms with van der Waals surface area (Å²) in [5, 5.41) is 0. The Hall–Kier alpha value is -1.63. The number of rotatable bonds is 2. The van der Waals surface area contributed by atoms with E-state index in [1.807, 2.05) is 27.7 Å². The summed E-state index contributed by atoms with van der Waals surface area (Å²) in [4.78, 5) is 27.8. The van der Waals surface area contributed by atoms with Gasteiger partial charge in [-0.3, -0.25) is 4.79 Å². The van der Waals surface area contributed by atoms with Crippen molar-refractivity contribution in [3.8, 4) is 0 Å². The predicted molar refractivity (Wildman–Crippen MR) is 102 cm³/mol. The summed E-state index contributed by atoms with van der Waals surface area (Å²) in [5.74, 6) is -0.466. The quantitative estimate of drug-likeness (QED) is 0.667. The second-order valence-corrected chi connectivity index (χ2v) is 8.59. The van der Waals surface area contributed by atoms with Crippen molar-refractivity contribution in [3.63, 3.8) is 0 Å². The van der Waals surface area contributed by atoms with Gasteiger partial charge in [0.2, 0.25) is 5.91 Å². The Bertz CT molecular complexity index is 690. The van der Waals surface area contributed by atoms with Crippen molar-refractivity contribution in [3.05, 3.63) is 35.1 Å². The van der Waals surface area contributed by atoms with Crippen LogP contribution < -0.4 is 0 Å². The van der Waals surface area contributed by atoms with Gasteiger partial charge in [-0.2, -0.15) is 0 Å². The molecule has 5 nitrogen and oxygen atoms in total. The number of hydrogen-bond acceptors (Lipinski definition) is 3. The lowest BCUT2D eigenvalue weighted by Gasteiger charge is -2.40. The van der Waals surface area contributed by atoms with Crippen LogP contribution in [0.5, 0.6) is 0 Å². The van der Waals surface area contributed by atoms with Gasteiger partial charge in [-0.1, -0.05) is 28.1 Å². The monoisotopic (exact) mass is 428 g/mol. The summed E-state index contributed by atoms with van der Waals surface area (Å²) in [5.41, 5.74) is 0.570. The number of ether oxygens (including phenoxy) is 1. The topological polar surface area (TPSA) is 49.9 Å². The fraction of sp³-hybridized carbons (Fsp3) is 0.579. The average molecular weight is 429 g/mol. The van der Waals surface area contributed by atoms with Crippen LogP contribution in [0.15, 0.2) is 18.2 Å². The molecule has 2 amide bonds. The highest BCUT2D eigenvalue weighted by molar-refractivity contribution is 9.09. The third-order valence-corrected chi connectivity index (χ3v) is 5.19. The highest BCUT2D eigenvalue weighted by Gasteiger charge is 2.34. The molecule has 144 valence electrons. The highest BCUT2D eigenvalue weighted by atomic mass is 79.9. The van der Waals surface area contributed by atoms with Gasteiger partial charge in [-0.15, -0.1) is 0 Å². The smallest absolute Gasteiger partial charge is 0.410 e. The number of amides is 2. The Kier molecular flexibility index (Phi) is 6.32. The van der Waals surface area contributed by atoms with Gasteiger partial charge < -0.3 is 14.5 Å². The lowest BCUT2D eigenvalue weighted by molar-refractivity contribution is -0.133. The van der Waals surface area contributed by atoms with E-state index in [2.05, 4.69) is 15.9 Å². The Morgan fingerprint density at radius 3 is 2.50 bits per heavy atom. The van der Waals surface area contributed by atoms with Crippen LogP contribution in [0.3, 0.4) is 0 Å². The molecule has 1 heterocycles. The van der Waals surface area contributed by atoms with Gasteiger partial charge in [0.15, 0.2) is 0 Å². The molecule has 1 saturated heterocycles. The molecule has 0 bridgehead atoms.